The van der Waals surface area contributed by atoms with Crippen molar-refractivity contribution in [3.05, 3.63) is 0 Å². The van der Waals surface area contributed by atoms with Crippen LogP contribution in [0.25, 0.3) is 0 Å². The molecular formula is C9H18FNO. The average Bonchev–Trinajstić information content (AvgIpc) is 2.00. The highest BCUT2D eigenvalue weighted by molar-refractivity contribution is 5.84. The largest absolute Gasteiger partial charge is 0.367 e. The number of hydrogen-bond acceptors (Lipinski definition) is 1. The highest BCUT2D eigenvalue weighted by atomic mass is 19.1. The van der Waals surface area contributed by atoms with Crippen LogP contribution < -0.4 is 5.73 Å². The van der Waals surface area contributed by atoms with Crippen LogP contribution in [0.1, 0.15) is 34.1 Å². The van der Waals surface area contributed by atoms with Crippen molar-refractivity contribution in [3.8, 4) is 0 Å². The van der Waals surface area contributed by atoms with Crippen LogP contribution in [0.2, 0.25) is 0 Å². The van der Waals surface area contributed by atoms with Gasteiger partial charge in [-0.25, -0.2) is 4.39 Å². The van der Waals surface area contributed by atoms with E-state index in [-0.39, 0.29) is 11.8 Å². The number of carbonyl (C=O) groups excluding carboxylic acids is 1. The van der Waals surface area contributed by atoms with Gasteiger partial charge in [0.1, 0.15) is 0 Å². The molecule has 1 amide bonds. The molecule has 2 N–H and O–H groups in total. The van der Waals surface area contributed by atoms with Gasteiger partial charge in [-0.15, -0.1) is 0 Å². The fourth-order valence-electron chi connectivity index (χ4n) is 1.39. The van der Waals surface area contributed by atoms with Gasteiger partial charge in [-0.1, -0.05) is 27.7 Å². The van der Waals surface area contributed by atoms with Gasteiger partial charge in [0, 0.05) is 0 Å². The first kappa shape index (κ1) is 11.4. The SMILES string of the molecule is CCC(C)C(F)(C(N)=O)C(C)C. The Bertz CT molecular complexity index is 170. The van der Waals surface area contributed by atoms with E-state index < -0.39 is 11.6 Å². The van der Waals surface area contributed by atoms with Crippen molar-refractivity contribution in [2.24, 2.45) is 17.6 Å². The Morgan fingerprint density at radius 1 is 1.50 bits per heavy atom. The van der Waals surface area contributed by atoms with E-state index in [9.17, 15) is 9.18 Å². The van der Waals surface area contributed by atoms with Gasteiger partial charge in [-0.3, -0.25) is 4.79 Å². The molecule has 0 aliphatic rings. The molecule has 0 aromatic carbocycles. The normalized spacial score (nSPS) is 18.8. The highest BCUT2D eigenvalue weighted by Crippen LogP contribution is 2.32. The zero-order valence-electron chi connectivity index (χ0n) is 8.23. The van der Waals surface area contributed by atoms with Crippen molar-refractivity contribution in [2.75, 3.05) is 0 Å². The fourth-order valence-corrected chi connectivity index (χ4v) is 1.39. The second kappa shape index (κ2) is 3.87. The van der Waals surface area contributed by atoms with Gasteiger partial charge < -0.3 is 5.73 Å². The third kappa shape index (κ3) is 1.76. The van der Waals surface area contributed by atoms with Crippen molar-refractivity contribution in [2.45, 2.75) is 39.8 Å². The van der Waals surface area contributed by atoms with Crippen molar-refractivity contribution in [1.29, 1.82) is 0 Å². The predicted octanol–water partition coefficient (Wildman–Crippen LogP) is 1.88. The van der Waals surface area contributed by atoms with E-state index in [1.165, 1.54) is 0 Å². The van der Waals surface area contributed by atoms with E-state index in [1.807, 2.05) is 6.92 Å². The van der Waals surface area contributed by atoms with Crippen LogP contribution in [0.15, 0.2) is 0 Å². The molecule has 12 heavy (non-hydrogen) atoms. The number of halogens is 1. The Kier molecular flexibility index (Phi) is 3.68. The monoisotopic (exact) mass is 175 g/mol. The maximum absolute atomic E-state index is 14.0. The zero-order chi connectivity index (χ0) is 9.94. The number of rotatable bonds is 4. The third-order valence-corrected chi connectivity index (χ3v) is 2.55. The van der Waals surface area contributed by atoms with Gasteiger partial charge >= 0.3 is 0 Å². The molecule has 0 aliphatic heterocycles. The zero-order valence-corrected chi connectivity index (χ0v) is 8.23. The topological polar surface area (TPSA) is 43.1 Å². The Hall–Kier alpha value is -0.600. The second-order valence-corrected chi connectivity index (χ2v) is 3.60. The minimum Gasteiger partial charge on any atom is -0.367 e. The summed E-state index contributed by atoms with van der Waals surface area (Å²) in [7, 11) is 0. The molecule has 0 saturated heterocycles. The fraction of sp³-hybridized carbons (Fsp3) is 0.889. The van der Waals surface area contributed by atoms with Crippen molar-refractivity contribution >= 4 is 5.91 Å². The van der Waals surface area contributed by atoms with Crippen LogP contribution in [-0.4, -0.2) is 11.6 Å². The van der Waals surface area contributed by atoms with Crippen molar-refractivity contribution < 1.29 is 9.18 Å². The Morgan fingerprint density at radius 2 is 1.92 bits per heavy atom. The molecule has 0 bridgehead atoms. The molecule has 0 heterocycles. The van der Waals surface area contributed by atoms with Gasteiger partial charge in [0.15, 0.2) is 5.67 Å². The lowest BCUT2D eigenvalue weighted by atomic mass is 9.79. The van der Waals surface area contributed by atoms with Gasteiger partial charge in [-0.2, -0.15) is 0 Å². The summed E-state index contributed by atoms with van der Waals surface area (Å²) in [5, 5.41) is 0. The molecule has 0 fully saturated rings. The van der Waals surface area contributed by atoms with E-state index >= 15 is 0 Å². The number of amides is 1. The lowest BCUT2D eigenvalue weighted by Crippen LogP contribution is -2.49. The van der Waals surface area contributed by atoms with E-state index in [2.05, 4.69) is 0 Å². The van der Waals surface area contributed by atoms with E-state index in [0.717, 1.165) is 0 Å². The number of alkyl halides is 1. The Labute approximate surface area is 73.3 Å². The maximum atomic E-state index is 14.0. The Morgan fingerprint density at radius 3 is 2.00 bits per heavy atom. The quantitative estimate of drug-likeness (QED) is 0.696. The molecule has 0 spiro atoms. The molecule has 0 saturated carbocycles. The van der Waals surface area contributed by atoms with Crippen LogP contribution in [-0.2, 0) is 4.79 Å². The predicted molar refractivity (Wildman–Crippen MR) is 47.3 cm³/mol. The van der Waals surface area contributed by atoms with Crippen LogP contribution in [0, 0.1) is 11.8 Å². The average molecular weight is 175 g/mol. The van der Waals surface area contributed by atoms with E-state index in [0.29, 0.717) is 6.42 Å². The lowest BCUT2D eigenvalue weighted by molar-refractivity contribution is -0.136. The standard InChI is InChI=1S/C9H18FNO/c1-5-7(4)9(10,6(2)3)8(11)12/h6-7H,5H2,1-4H3,(H2,11,12). The van der Waals surface area contributed by atoms with E-state index in [4.69, 9.17) is 5.73 Å². The summed E-state index contributed by atoms with van der Waals surface area (Å²) in [4.78, 5) is 10.9. The van der Waals surface area contributed by atoms with Crippen LogP contribution in [0.4, 0.5) is 4.39 Å². The molecule has 2 atom stereocenters. The second-order valence-electron chi connectivity index (χ2n) is 3.60. The molecule has 2 nitrogen and oxygen atoms in total. The van der Waals surface area contributed by atoms with Gasteiger partial charge in [-0.05, 0) is 18.3 Å². The number of nitrogens with two attached hydrogens (primary N) is 1. The minimum atomic E-state index is -1.85. The first-order valence-electron chi connectivity index (χ1n) is 4.36. The molecule has 0 aliphatic carbocycles. The molecule has 72 valence electrons. The molecule has 0 aromatic rings. The summed E-state index contributed by atoms with van der Waals surface area (Å²) in [6.45, 7) is 6.92. The smallest absolute Gasteiger partial charge is 0.255 e. The molecule has 2 unspecified atom stereocenters. The maximum Gasteiger partial charge on any atom is 0.255 e. The summed E-state index contributed by atoms with van der Waals surface area (Å²) >= 11 is 0. The molecule has 0 rings (SSSR count). The van der Waals surface area contributed by atoms with Crippen LogP contribution >= 0.6 is 0 Å². The molecular weight excluding hydrogens is 157 g/mol. The highest BCUT2D eigenvalue weighted by Gasteiger charge is 2.44. The summed E-state index contributed by atoms with van der Waals surface area (Å²) < 4.78 is 14.0. The summed E-state index contributed by atoms with van der Waals surface area (Å²) in [6, 6.07) is 0. The first-order chi connectivity index (χ1) is 5.37. The number of primary amides is 1. The number of carbonyl (C=O) groups is 1. The molecule has 0 radical (unpaired) electrons. The van der Waals surface area contributed by atoms with Gasteiger partial charge in [0.25, 0.3) is 5.91 Å². The first-order valence-corrected chi connectivity index (χ1v) is 4.36. The number of hydrogen-bond donors (Lipinski definition) is 1. The van der Waals surface area contributed by atoms with Crippen molar-refractivity contribution in [1.82, 2.24) is 0 Å². The van der Waals surface area contributed by atoms with Gasteiger partial charge in [0.05, 0.1) is 0 Å². The summed E-state index contributed by atoms with van der Waals surface area (Å²) in [6.07, 6.45) is 0.623. The van der Waals surface area contributed by atoms with Crippen LogP contribution in [0.5, 0.6) is 0 Å². The van der Waals surface area contributed by atoms with E-state index in [1.54, 1.807) is 20.8 Å². The van der Waals surface area contributed by atoms with Gasteiger partial charge in [0.2, 0.25) is 0 Å². The van der Waals surface area contributed by atoms with Crippen molar-refractivity contribution in [3.63, 3.8) is 0 Å². The third-order valence-electron chi connectivity index (χ3n) is 2.55. The van der Waals surface area contributed by atoms with Crippen LogP contribution in [0.3, 0.4) is 0 Å². The molecule has 3 heteroatoms. The Balaban J connectivity index is 4.74. The summed E-state index contributed by atoms with van der Waals surface area (Å²) in [5.74, 6) is -1.51. The summed E-state index contributed by atoms with van der Waals surface area (Å²) in [5.41, 5.74) is 3.18. The molecule has 0 aromatic heterocycles. The minimum absolute atomic E-state index is 0.310. The lowest BCUT2D eigenvalue weighted by Gasteiger charge is -2.31.